The molecule has 1 aromatic carbocycles. The molecule has 2 aliphatic rings. The summed E-state index contributed by atoms with van der Waals surface area (Å²) >= 11 is 0. The fourth-order valence-electron chi connectivity index (χ4n) is 5.91. The lowest BCUT2D eigenvalue weighted by Gasteiger charge is -2.41. The van der Waals surface area contributed by atoms with Crippen molar-refractivity contribution >= 4 is 51.0 Å². The number of amides is 2. The number of nitrogens with zero attached hydrogens (tertiary/aromatic N) is 7. The molecule has 1 N–H and O–H groups in total. The zero-order valence-electron chi connectivity index (χ0n) is 26.1. The van der Waals surface area contributed by atoms with E-state index in [0.29, 0.717) is 69.7 Å². The van der Waals surface area contributed by atoms with Gasteiger partial charge in [0.15, 0.2) is 0 Å². The lowest BCUT2D eigenvalue weighted by Crippen LogP contribution is -2.55. The van der Waals surface area contributed by atoms with Crippen molar-refractivity contribution in [2.24, 2.45) is 0 Å². The number of fused-ring (bicyclic) bond motifs is 1. The summed E-state index contributed by atoms with van der Waals surface area (Å²) < 4.78 is 13.5. The molecule has 2 saturated heterocycles. The van der Waals surface area contributed by atoms with Crippen LogP contribution in [-0.4, -0.2) is 115 Å². The van der Waals surface area contributed by atoms with E-state index in [0.717, 1.165) is 29.7 Å². The molecular formula is C32H42N8O4S. The normalized spacial score (nSPS) is 18.2. The molecule has 4 heterocycles. The van der Waals surface area contributed by atoms with E-state index >= 15 is 0 Å². The zero-order chi connectivity index (χ0) is 31.9. The molecule has 12 nitrogen and oxygen atoms in total. The van der Waals surface area contributed by atoms with Gasteiger partial charge in [0.25, 0.3) is 5.56 Å². The molecule has 1 unspecified atom stereocenters. The molecule has 5 rings (SSSR count). The Morgan fingerprint density at radius 2 is 1.73 bits per heavy atom. The highest BCUT2D eigenvalue weighted by molar-refractivity contribution is 7.85. The lowest BCUT2D eigenvalue weighted by molar-refractivity contribution is -0.129. The summed E-state index contributed by atoms with van der Waals surface area (Å²) in [5.41, 5.74) is 2.32. The molecule has 2 fully saturated rings. The van der Waals surface area contributed by atoms with E-state index in [-0.39, 0.29) is 29.2 Å². The van der Waals surface area contributed by atoms with Crippen molar-refractivity contribution in [3.05, 3.63) is 65.6 Å². The van der Waals surface area contributed by atoms with Gasteiger partial charge in [-0.3, -0.25) is 28.1 Å². The molecule has 3 aromatic rings. The first-order valence-electron chi connectivity index (χ1n) is 15.6. The Balaban J connectivity index is 1.22. The lowest BCUT2D eigenvalue weighted by atomic mass is 10.1. The van der Waals surface area contributed by atoms with Crippen LogP contribution in [0.3, 0.4) is 0 Å². The Kier molecular flexibility index (Phi) is 10.6. The number of anilines is 3. The summed E-state index contributed by atoms with van der Waals surface area (Å²) in [5.74, 6) is 0.906. The number of aromatic nitrogens is 3. The van der Waals surface area contributed by atoms with Gasteiger partial charge in [0, 0.05) is 111 Å². The topological polar surface area (TPSA) is 124 Å². The van der Waals surface area contributed by atoms with E-state index in [1.807, 2.05) is 36.1 Å². The molecule has 2 atom stereocenters. The Bertz CT molecular complexity index is 1600. The maximum absolute atomic E-state index is 13.0. The van der Waals surface area contributed by atoms with Crippen molar-refractivity contribution in [2.75, 3.05) is 74.1 Å². The van der Waals surface area contributed by atoms with Gasteiger partial charge in [-0.05, 0) is 42.8 Å². The van der Waals surface area contributed by atoms with Crippen molar-refractivity contribution in [2.45, 2.75) is 32.9 Å². The van der Waals surface area contributed by atoms with Crippen LogP contribution >= 0.6 is 0 Å². The first-order valence-corrected chi connectivity index (χ1v) is 17.0. The number of pyridine rings is 1. The average Bonchev–Trinajstić information content (AvgIpc) is 3.07. The van der Waals surface area contributed by atoms with Crippen LogP contribution in [0.4, 0.5) is 17.3 Å². The Morgan fingerprint density at radius 3 is 2.42 bits per heavy atom. The number of nitrogens with one attached hydrogen (secondary N) is 1. The summed E-state index contributed by atoms with van der Waals surface area (Å²) in [6.45, 7) is 13.4. The van der Waals surface area contributed by atoms with E-state index in [1.165, 1.54) is 6.08 Å². The summed E-state index contributed by atoms with van der Waals surface area (Å²) in [7, 11) is -1.09. The number of rotatable bonds is 11. The van der Waals surface area contributed by atoms with Crippen LogP contribution in [0.15, 0.2) is 60.0 Å². The molecule has 45 heavy (non-hydrogen) atoms. The first-order chi connectivity index (χ1) is 21.8. The van der Waals surface area contributed by atoms with Gasteiger partial charge in [-0.15, -0.1) is 0 Å². The molecular weight excluding hydrogens is 592 g/mol. The summed E-state index contributed by atoms with van der Waals surface area (Å²) in [6, 6.07) is 11.5. The minimum atomic E-state index is -1.09. The predicted molar refractivity (Wildman–Crippen MR) is 178 cm³/mol. The molecule has 240 valence electrons. The maximum atomic E-state index is 13.0. The highest BCUT2D eigenvalue weighted by Crippen LogP contribution is 2.22. The monoisotopic (exact) mass is 634 g/mol. The van der Waals surface area contributed by atoms with E-state index in [4.69, 9.17) is 4.98 Å². The number of carbonyl (C=O) groups excluding carboxylic acids is 2. The van der Waals surface area contributed by atoms with Crippen LogP contribution in [-0.2, 0) is 26.9 Å². The molecule has 13 heteroatoms. The second-order valence-corrected chi connectivity index (χ2v) is 13.0. The minimum Gasteiger partial charge on any atom is -0.368 e. The summed E-state index contributed by atoms with van der Waals surface area (Å²) in [5, 5.41) is 4.05. The molecule has 2 amide bonds. The highest BCUT2D eigenvalue weighted by Gasteiger charge is 2.27. The molecule has 0 aliphatic carbocycles. The maximum Gasteiger partial charge on any atom is 0.252 e. The van der Waals surface area contributed by atoms with Gasteiger partial charge in [-0.2, -0.15) is 4.98 Å². The summed E-state index contributed by atoms with van der Waals surface area (Å²) in [4.78, 5) is 54.9. The number of carbonyl (C=O) groups is 2. The third-order valence-corrected chi connectivity index (χ3v) is 9.84. The fraction of sp³-hybridized carbons (Fsp3) is 0.469. The van der Waals surface area contributed by atoms with Crippen molar-refractivity contribution in [3.63, 3.8) is 0 Å². The Morgan fingerprint density at radius 1 is 1.00 bits per heavy atom. The van der Waals surface area contributed by atoms with E-state index in [1.54, 1.807) is 27.8 Å². The van der Waals surface area contributed by atoms with Crippen LogP contribution in [0.25, 0.3) is 11.0 Å². The van der Waals surface area contributed by atoms with Crippen molar-refractivity contribution in [1.82, 2.24) is 29.2 Å². The van der Waals surface area contributed by atoms with Gasteiger partial charge in [0.2, 0.25) is 17.8 Å². The van der Waals surface area contributed by atoms with Crippen LogP contribution in [0.5, 0.6) is 0 Å². The van der Waals surface area contributed by atoms with Gasteiger partial charge in [0.1, 0.15) is 11.4 Å². The van der Waals surface area contributed by atoms with E-state index in [2.05, 4.69) is 33.6 Å². The fourth-order valence-corrected chi connectivity index (χ4v) is 6.57. The predicted octanol–water partition coefficient (Wildman–Crippen LogP) is 2.06. The van der Waals surface area contributed by atoms with Crippen molar-refractivity contribution < 1.29 is 13.8 Å². The van der Waals surface area contributed by atoms with Crippen LogP contribution in [0.2, 0.25) is 0 Å². The van der Waals surface area contributed by atoms with E-state index in [9.17, 15) is 18.6 Å². The van der Waals surface area contributed by atoms with Crippen molar-refractivity contribution in [1.29, 1.82) is 0 Å². The number of piperazine rings is 2. The minimum absolute atomic E-state index is 0.0416. The highest BCUT2D eigenvalue weighted by atomic mass is 32.2. The smallest absolute Gasteiger partial charge is 0.252 e. The van der Waals surface area contributed by atoms with Gasteiger partial charge >= 0.3 is 0 Å². The number of benzene rings is 1. The molecule has 0 spiro atoms. The SMILES string of the molecule is C=CC(=O)N1CCN(CCn2c(=O)ccc3cnc(Nc4ccc(N5CCN(C(=O)CS(=O)CC)CC5)cc4)nc32)[C@@H](CC)C1. The average molecular weight is 635 g/mol. The van der Waals surface area contributed by atoms with Gasteiger partial charge in [-0.25, -0.2) is 4.98 Å². The largest absolute Gasteiger partial charge is 0.368 e. The molecule has 0 bridgehead atoms. The second kappa shape index (κ2) is 14.8. The first kappa shape index (κ1) is 32.3. The molecule has 2 aromatic heterocycles. The van der Waals surface area contributed by atoms with Crippen molar-refractivity contribution in [3.8, 4) is 0 Å². The number of hydrogen-bond donors (Lipinski definition) is 1. The molecule has 0 radical (unpaired) electrons. The quantitative estimate of drug-likeness (QED) is 0.316. The van der Waals surface area contributed by atoms with E-state index < -0.39 is 10.8 Å². The van der Waals surface area contributed by atoms with Gasteiger partial charge in [0.05, 0.1) is 0 Å². The Hall–Kier alpha value is -4.10. The van der Waals surface area contributed by atoms with Gasteiger partial charge < -0.3 is 20.0 Å². The van der Waals surface area contributed by atoms with Crippen LogP contribution in [0.1, 0.15) is 20.3 Å². The van der Waals surface area contributed by atoms with Crippen LogP contribution in [0, 0.1) is 0 Å². The van der Waals surface area contributed by atoms with Crippen LogP contribution < -0.4 is 15.8 Å². The Labute approximate surface area is 266 Å². The zero-order valence-corrected chi connectivity index (χ0v) is 26.9. The van der Waals surface area contributed by atoms with Gasteiger partial charge in [-0.1, -0.05) is 20.4 Å². The third-order valence-electron chi connectivity index (χ3n) is 8.62. The standard InChI is InChI=1S/C32H42N8O4S/c1-4-26-22-39(28(41)5-2)18-15-36(26)19-20-40-29(42)12-7-24-21-33-32(35-31(24)40)34-25-8-10-27(11-9-25)37-13-16-38(17-14-37)30(43)23-45(44)6-3/h5,7-12,21,26H,2,4,6,13-20,22-23H2,1,3H3,(H,33,34,35)/t26-,45?/m0/s1. The second-order valence-electron chi connectivity index (χ2n) is 11.3. The number of hydrogen-bond acceptors (Lipinski definition) is 9. The third kappa shape index (κ3) is 7.77. The molecule has 0 saturated carbocycles. The summed E-state index contributed by atoms with van der Waals surface area (Å²) in [6.07, 6.45) is 3.99. The molecule has 2 aliphatic heterocycles.